The van der Waals surface area contributed by atoms with Gasteiger partial charge in [0.25, 0.3) is 5.79 Å². The lowest BCUT2D eigenvalue weighted by molar-refractivity contribution is -0.0721. The Labute approximate surface area is 269 Å². The average molecular weight is 643 g/mol. The largest absolute Gasteiger partial charge is 0.465 e. The molecule has 0 amide bonds. The maximum Gasteiger partial charge on any atom is 0.338 e. The molecule has 8 rings (SSSR count). The van der Waals surface area contributed by atoms with Crippen LogP contribution in [0.3, 0.4) is 0 Å². The van der Waals surface area contributed by atoms with Crippen LogP contribution in [0.5, 0.6) is 11.5 Å². The first-order chi connectivity index (χ1) is 22.3. The Morgan fingerprint density at radius 1 is 1.13 bits per heavy atom. The number of benzene rings is 2. The summed E-state index contributed by atoms with van der Waals surface area (Å²) < 4.78 is 37.0. The Hall–Kier alpha value is -4.48. The molecule has 5 heterocycles. The number of hydrogen-bond acceptors (Lipinski definition) is 8. The molecule has 2 fully saturated rings. The number of para-hydroxylation sites is 1. The summed E-state index contributed by atoms with van der Waals surface area (Å²) in [5.74, 6) is 1.32. The highest BCUT2D eigenvalue weighted by atomic mass is 35.5. The topological polar surface area (TPSA) is 96.5 Å². The van der Waals surface area contributed by atoms with Gasteiger partial charge in [-0.2, -0.15) is 0 Å². The molecular formula is C34H32ClFN6O4. The minimum atomic E-state index is -1.03. The molecule has 3 aliphatic rings. The maximum absolute atomic E-state index is 15.3. The number of fused-ring (bicyclic) bond motifs is 3. The number of piperidine rings is 1. The van der Waals surface area contributed by atoms with Crippen molar-refractivity contribution in [3.63, 3.8) is 0 Å². The third kappa shape index (κ3) is 4.72. The minimum Gasteiger partial charge on any atom is -0.465 e. The predicted octanol–water partition coefficient (Wildman–Crippen LogP) is 5.76. The van der Waals surface area contributed by atoms with Gasteiger partial charge in [-0.1, -0.05) is 23.7 Å². The van der Waals surface area contributed by atoms with Crippen LogP contribution in [0.25, 0.3) is 11.0 Å². The van der Waals surface area contributed by atoms with Crippen LogP contribution in [-0.4, -0.2) is 55.2 Å². The first-order valence-corrected chi connectivity index (χ1v) is 15.8. The van der Waals surface area contributed by atoms with E-state index in [1.165, 1.54) is 13.2 Å². The van der Waals surface area contributed by atoms with Crippen LogP contribution in [-0.2, 0) is 30.2 Å². The van der Waals surface area contributed by atoms with Gasteiger partial charge >= 0.3 is 5.97 Å². The Morgan fingerprint density at radius 2 is 1.96 bits per heavy atom. The van der Waals surface area contributed by atoms with Crippen molar-refractivity contribution in [1.29, 1.82) is 0 Å². The third-order valence-electron chi connectivity index (χ3n) is 9.56. The van der Waals surface area contributed by atoms with E-state index in [9.17, 15) is 4.79 Å². The highest BCUT2D eigenvalue weighted by Gasteiger charge is 2.58. The molecule has 46 heavy (non-hydrogen) atoms. The van der Waals surface area contributed by atoms with Gasteiger partial charge in [-0.15, -0.1) is 0 Å². The van der Waals surface area contributed by atoms with Gasteiger partial charge in [0.05, 0.1) is 48.3 Å². The fraction of sp³-hybridized carbons (Fsp3) is 0.353. The summed E-state index contributed by atoms with van der Waals surface area (Å²) in [6, 6.07) is 12.5. The van der Waals surface area contributed by atoms with E-state index >= 15 is 4.39 Å². The van der Waals surface area contributed by atoms with E-state index in [2.05, 4.69) is 20.9 Å². The van der Waals surface area contributed by atoms with Gasteiger partial charge in [0, 0.05) is 44.5 Å². The molecule has 236 valence electrons. The van der Waals surface area contributed by atoms with Crippen LogP contribution < -0.4 is 9.47 Å². The highest BCUT2D eigenvalue weighted by Crippen LogP contribution is 2.62. The van der Waals surface area contributed by atoms with Crippen molar-refractivity contribution in [3.8, 4) is 11.5 Å². The first-order valence-electron chi connectivity index (χ1n) is 15.4. The second-order valence-electron chi connectivity index (χ2n) is 12.3. The number of carbonyl (C=O) groups excluding carboxylic acids is 1. The van der Waals surface area contributed by atoms with Gasteiger partial charge in [0.15, 0.2) is 17.3 Å². The SMILES string of the molecule is CCn1cncc1Cn1c(CN2CC3C(C2)C3c2cccc3c2OC(C)(c2ccc(Cl)cn2)O3)nc2c(F)cc(C(=O)OC)cc21. The van der Waals surface area contributed by atoms with E-state index < -0.39 is 17.6 Å². The van der Waals surface area contributed by atoms with Crippen LogP contribution in [0.15, 0.2) is 61.2 Å². The normalized spacial score (nSPS) is 23.2. The number of aromatic nitrogens is 5. The van der Waals surface area contributed by atoms with E-state index in [-0.39, 0.29) is 11.1 Å². The number of ether oxygens (including phenoxy) is 3. The zero-order valence-corrected chi connectivity index (χ0v) is 26.4. The second-order valence-corrected chi connectivity index (χ2v) is 12.8. The molecule has 10 nitrogen and oxygen atoms in total. The number of likely N-dealkylation sites (tertiary alicyclic amines) is 1. The van der Waals surface area contributed by atoms with Gasteiger partial charge in [-0.3, -0.25) is 9.88 Å². The lowest BCUT2D eigenvalue weighted by atomic mass is 10.0. The molecule has 0 N–H and O–H groups in total. The lowest BCUT2D eigenvalue weighted by Gasteiger charge is -2.23. The fourth-order valence-electron chi connectivity index (χ4n) is 7.25. The van der Waals surface area contributed by atoms with Gasteiger partial charge in [0.2, 0.25) is 0 Å². The Kier molecular flexibility index (Phi) is 6.80. The van der Waals surface area contributed by atoms with Crippen LogP contribution in [0.4, 0.5) is 4.39 Å². The van der Waals surface area contributed by atoms with Gasteiger partial charge < -0.3 is 23.3 Å². The van der Waals surface area contributed by atoms with Crippen molar-refractivity contribution in [1.82, 2.24) is 29.0 Å². The number of carbonyl (C=O) groups is 1. The predicted molar refractivity (Wildman–Crippen MR) is 167 cm³/mol. The number of halogens is 2. The third-order valence-corrected chi connectivity index (χ3v) is 9.79. The first kappa shape index (κ1) is 29.0. The molecule has 1 saturated carbocycles. The summed E-state index contributed by atoms with van der Waals surface area (Å²) in [6.07, 6.45) is 5.19. The lowest BCUT2D eigenvalue weighted by Crippen LogP contribution is -2.32. The van der Waals surface area contributed by atoms with E-state index in [0.717, 1.165) is 42.5 Å². The van der Waals surface area contributed by atoms with E-state index in [1.54, 1.807) is 24.7 Å². The van der Waals surface area contributed by atoms with Crippen LogP contribution in [0.1, 0.15) is 52.9 Å². The smallest absolute Gasteiger partial charge is 0.338 e. The number of nitrogens with zero attached hydrogens (tertiary/aromatic N) is 6. The summed E-state index contributed by atoms with van der Waals surface area (Å²) >= 11 is 6.06. The molecule has 1 saturated heterocycles. The monoisotopic (exact) mass is 642 g/mol. The highest BCUT2D eigenvalue weighted by molar-refractivity contribution is 6.30. The molecule has 3 aromatic heterocycles. The maximum atomic E-state index is 15.3. The fourth-order valence-corrected chi connectivity index (χ4v) is 7.36. The van der Waals surface area contributed by atoms with Crippen molar-refractivity contribution in [2.75, 3.05) is 20.2 Å². The number of rotatable bonds is 8. The molecule has 2 aromatic carbocycles. The van der Waals surface area contributed by atoms with Crippen molar-refractivity contribution < 1.29 is 23.4 Å². The van der Waals surface area contributed by atoms with E-state index in [1.807, 2.05) is 47.4 Å². The molecule has 5 aromatic rings. The van der Waals surface area contributed by atoms with E-state index in [4.69, 9.17) is 30.8 Å². The molecule has 3 atom stereocenters. The summed E-state index contributed by atoms with van der Waals surface area (Å²) in [7, 11) is 1.29. The summed E-state index contributed by atoms with van der Waals surface area (Å²) in [5, 5.41) is 0.554. The standard InChI is InChI=1S/C34H32ClFN6O4/c1-4-41-18-37-13-21(41)14-42-26-11-19(33(43)44-3)10-25(36)31(26)39-29(42)17-40-15-23-24(16-40)30(23)22-6-5-7-27-32(22)46-34(2,45-27)28-9-8-20(35)12-38-28/h5-13,18,23-24,30H,4,14-17H2,1-3H3. The quantitative estimate of drug-likeness (QED) is 0.197. The molecule has 1 aliphatic carbocycles. The summed E-state index contributed by atoms with van der Waals surface area (Å²) in [4.78, 5) is 28.2. The molecular weight excluding hydrogens is 611 g/mol. The second kappa shape index (κ2) is 10.8. The Bertz CT molecular complexity index is 1980. The van der Waals surface area contributed by atoms with Crippen molar-refractivity contribution in [3.05, 3.63) is 100 Å². The van der Waals surface area contributed by atoms with Gasteiger partial charge in [-0.25, -0.2) is 19.2 Å². The van der Waals surface area contributed by atoms with Crippen molar-refractivity contribution >= 4 is 28.6 Å². The number of imidazole rings is 2. The van der Waals surface area contributed by atoms with Gasteiger partial charge in [-0.05, 0) is 55.0 Å². The van der Waals surface area contributed by atoms with E-state index in [0.29, 0.717) is 52.8 Å². The number of hydrogen-bond donors (Lipinski definition) is 0. The Balaban J connectivity index is 1.04. The minimum absolute atomic E-state index is 0.152. The van der Waals surface area contributed by atoms with Crippen LogP contribution in [0.2, 0.25) is 5.02 Å². The van der Waals surface area contributed by atoms with Crippen LogP contribution in [0, 0.1) is 17.7 Å². The zero-order chi connectivity index (χ0) is 31.7. The zero-order valence-electron chi connectivity index (χ0n) is 25.6. The average Bonchev–Trinajstić information content (AvgIpc) is 3.54. The molecule has 2 aliphatic heterocycles. The Morgan fingerprint density at radius 3 is 2.70 bits per heavy atom. The summed E-state index contributed by atoms with van der Waals surface area (Å²) in [6.45, 7) is 7.43. The van der Waals surface area contributed by atoms with Crippen LogP contribution >= 0.6 is 11.6 Å². The molecule has 0 radical (unpaired) electrons. The number of methoxy groups -OCH3 is 1. The number of pyridine rings is 1. The molecule has 0 spiro atoms. The van der Waals surface area contributed by atoms with Gasteiger partial charge in [0.1, 0.15) is 17.0 Å². The molecule has 3 unspecified atom stereocenters. The van der Waals surface area contributed by atoms with Crippen molar-refractivity contribution in [2.24, 2.45) is 11.8 Å². The molecule has 0 bridgehead atoms. The summed E-state index contributed by atoms with van der Waals surface area (Å²) in [5.41, 5.74) is 3.72. The number of esters is 1. The molecule has 12 heteroatoms. The number of aryl methyl sites for hydroxylation is 1. The van der Waals surface area contributed by atoms with Crippen molar-refractivity contribution in [2.45, 2.75) is 45.2 Å².